The van der Waals surface area contributed by atoms with Gasteiger partial charge in [0.25, 0.3) is 0 Å². The molecule has 182 valence electrons. The molecule has 1 aromatic carbocycles. The van der Waals surface area contributed by atoms with Gasteiger partial charge in [0.15, 0.2) is 0 Å². The molecular weight excluding hydrogens is 462 g/mol. The van der Waals surface area contributed by atoms with Gasteiger partial charge in [0.2, 0.25) is 5.91 Å². The zero-order valence-electron chi connectivity index (χ0n) is 19.6. The van der Waals surface area contributed by atoms with Crippen LogP contribution in [0.5, 0.6) is 0 Å². The zero-order chi connectivity index (χ0) is 23.8. The van der Waals surface area contributed by atoms with E-state index in [0.717, 1.165) is 17.9 Å². The fourth-order valence-electron chi connectivity index (χ4n) is 4.94. The standard InChI is InChI=1S/C24H34ClN3O4S/c1-23(2,3)32-22(30)28-15-19(14-20(28)21(29)27-12-13-33-16-27)26-10-8-24(31,9-11-26)17-4-6-18(25)7-5-17/h4-7,19-20,31H,8-16H2,1-3H3/t19-,20-/m0/s1. The molecule has 2 atom stereocenters. The number of rotatable bonds is 3. The Morgan fingerprint density at radius 1 is 1.15 bits per heavy atom. The van der Waals surface area contributed by atoms with Gasteiger partial charge in [-0.1, -0.05) is 23.7 Å². The maximum atomic E-state index is 13.3. The molecule has 0 unspecified atom stereocenters. The van der Waals surface area contributed by atoms with Gasteiger partial charge in [-0.15, -0.1) is 11.8 Å². The smallest absolute Gasteiger partial charge is 0.411 e. The number of nitrogens with zero attached hydrogens (tertiary/aromatic N) is 3. The zero-order valence-corrected chi connectivity index (χ0v) is 21.2. The molecule has 3 heterocycles. The fourth-order valence-corrected chi connectivity index (χ4v) is 6.02. The van der Waals surface area contributed by atoms with E-state index in [-0.39, 0.29) is 11.9 Å². The van der Waals surface area contributed by atoms with E-state index in [0.29, 0.717) is 49.8 Å². The highest BCUT2D eigenvalue weighted by Gasteiger charge is 2.46. The van der Waals surface area contributed by atoms with Crippen molar-refractivity contribution in [2.45, 2.75) is 63.3 Å². The predicted octanol–water partition coefficient (Wildman–Crippen LogP) is 3.53. The Hall–Kier alpha value is -1.48. The van der Waals surface area contributed by atoms with Crippen LogP contribution in [0.4, 0.5) is 4.79 Å². The van der Waals surface area contributed by atoms with Gasteiger partial charge < -0.3 is 14.7 Å². The van der Waals surface area contributed by atoms with Crippen LogP contribution in [0.1, 0.15) is 45.6 Å². The summed E-state index contributed by atoms with van der Waals surface area (Å²) in [4.78, 5) is 32.1. The fraction of sp³-hybridized carbons (Fsp3) is 0.667. The summed E-state index contributed by atoms with van der Waals surface area (Å²) in [5, 5.41) is 11.9. The first-order valence-corrected chi connectivity index (χ1v) is 13.2. The molecule has 3 saturated heterocycles. The van der Waals surface area contributed by atoms with Crippen LogP contribution >= 0.6 is 23.4 Å². The molecule has 0 radical (unpaired) electrons. The second-order valence-electron chi connectivity index (χ2n) is 10.3. The molecule has 9 heteroatoms. The van der Waals surface area contributed by atoms with Crippen molar-refractivity contribution in [2.75, 3.05) is 37.8 Å². The highest BCUT2D eigenvalue weighted by molar-refractivity contribution is 7.99. The highest BCUT2D eigenvalue weighted by atomic mass is 35.5. The number of thioether (sulfide) groups is 1. The molecule has 1 N–H and O–H groups in total. The van der Waals surface area contributed by atoms with E-state index in [9.17, 15) is 14.7 Å². The molecule has 0 spiro atoms. The van der Waals surface area contributed by atoms with Crippen molar-refractivity contribution in [3.05, 3.63) is 34.9 Å². The number of halogens is 1. The summed E-state index contributed by atoms with van der Waals surface area (Å²) in [5.41, 5.74) is -0.619. The van der Waals surface area contributed by atoms with Crippen molar-refractivity contribution < 1.29 is 19.4 Å². The topological polar surface area (TPSA) is 73.3 Å². The molecule has 3 fully saturated rings. The number of carbonyl (C=O) groups is 2. The molecule has 1 aromatic rings. The minimum atomic E-state index is -0.882. The van der Waals surface area contributed by atoms with Crippen molar-refractivity contribution in [1.82, 2.24) is 14.7 Å². The summed E-state index contributed by atoms with van der Waals surface area (Å²) in [5.74, 6) is 1.63. The number of ether oxygens (including phenoxy) is 1. The summed E-state index contributed by atoms with van der Waals surface area (Å²) in [6, 6.07) is 6.96. The third kappa shape index (κ3) is 5.61. The normalized spacial score (nSPS) is 26.0. The van der Waals surface area contributed by atoms with Gasteiger partial charge in [-0.2, -0.15) is 0 Å². The molecule has 0 bridgehead atoms. The van der Waals surface area contributed by atoms with Crippen molar-refractivity contribution in [1.29, 1.82) is 0 Å². The molecule has 33 heavy (non-hydrogen) atoms. The summed E-state index contributed by atoms with van der Waals surface area (Å²) < 4.78 is 5.64. The molecule has 2 amide bonds. The SMILES string of the molecule is CC(C)(C)OC(=O)N1C[C@@H](N2CCC(O)(c3ccc(Cl)cc3)CC2)C[C@H]1C(=O)N1CCSC1. The summed E-state index contributed by atoms with van der Waals surface area (Å²) in [6.07, 6.45) is 1.36. The van der Waals surface area contributed by atoms with E-state index < -0.39 is 23.3 Å². The van der Waals surface area contributed by atoms with E-state index in [1.807, 2.05) is 49.9 Å². The summed E-state index contributed by atoms with van der Waals surface area (Å²) in [6.45, 7) is 8.12. The van der Waals surface area contributed by atoms with Crippen molar-refractivity contribution in [3.8, 4) is 0 Å². The largest absolute Gasteiger partial charge is 0.444 e. The second-order valence-corrected chi connectivity index (χ2v) is 11.8. The lowest BCUT2D eigenvalue weighted by Crippen LogP contribution is -2.49. The van der Waals surface area contributed by atoms with E-state index in [1.165, 1.54) is 0 Å². The number of benzene rings is 1. The van der Waals surface area contributed by atoms with E-state index in [4.69, 9.17) is 16.3 Å². The Bertz CT molecular complexity index is 861. The van der Waals surface area contributed by atoms with E-state index in [1.54, 1.807) is 16.7 Å². The van der Waals surface area contributed by atoms with Crippen LogP contribution in [0.25, 0.3) is 0 Å². The van der Waals surface area contributed by atoms with Crippen LogP contribution in [0, 0.1) is 0 Å². The number of carbonyl (C=O) groups excluding carboxylic acids is 2. The molecule has 3 aliphatic rings. The van der Waals surface area contributed by atoms with Gasteiger partial charge in [-0.3, -0.25) is 14.6 Å². The predicted molar refractivity (Wildman–Crippen MR) is 130 cm³/mol. The lowest BCUT2D eigenvalue weighted by atomic mass is 9.84. The highest BCUT2D eigenvalue weighted by Crippen LogP contribution is 2.36. The summed E-state index contributed by atoms with van der Waals surface area (Å²) in [7, 11) is 0. The summed E-state index contributed by atoms with van der Waals surface area (Å²) >= 11 is 7.75. The average molecular weight is 496 g/mol. The Kier molecular flexibility index (Phi) is 7.20. The first-order chi connectivity index (χ1) is 15.6. The molecule has 4 rings (SSSR count). The Morgan fingerprint density at radius 2 is 1.82 bits per heavy atom. The Labute approximate surface area is 205 Å². The molecule has 0 saturated carbocycles. The minimum absolute atomic E-state index is 0.0167. The first kappa shape index (κ1) is 24.6. The molecule has 0 aromatic heterocycles. The first-order valence-electron chi connectivity index (χ1n) is 11.6. The lowest BCUT2D eigenvalue weighted by molar-refractivity contribution is -0.134. The van der Waals surface area contributed by atoms with Gasteiger partial charge in [-0.05, 0) is 57.7 Å². The van der Waals surface area contributed by atoms with Crippen LogP contribution in [0.2, 0.25) is 5.02 Å². The van der Waals surface area contributed by atoms with Crippen molar-refractivity contribution >= 4 is 35.4 Å². The van der Waals surface area contributed by atoms with Gasteiger partial charge in [0.1, 0.15) is 11.6 Å². The Morgan fingerprint density at radius 3 is 2.39 bits per heavy atom. The molecule has 7 nitrogen and oxygen atoms in total. The number of aliphatic hydroxyl groups is 1. The van der Waals surface area contributed by atoms with Crippen LogP contribution in [-0.2, 0) is 15.1 Å². The van der Waals surface area contributed by atoms with Gasteiger partial charge >= 0.3 is 6.09 Å². The van der Waals surface area contributed by atoms with Crippen LogP contribution < -0.4 is 0 Å². The Balaban J connectivity index is 1.45. The average Bonchev–Trinajstić information content (AvgIpc) is 3.44. The molecule has 3 aliphatic heterocycles. The van der Waals surface area contributed by atoms with Crippen LogP contribution in [-0.4, -0.2) is 87.3 Å². The third-order valence-electron chi connectivity index (χ3n) is 6.78. The van der Waals surface area contributed by atoms with Gasteiger partial charge in [0, 0.05) is 43.0 Å². The minimum Gasteiger partial charge on any atom is -0.444 e. The van der Waals surface area contributed by atoms with Crippen LogP contribution in [0.3, 0.4) is 0 Å². The number of piperidine rings is 1. The van der Waals surface area contributed by atoms with Crippen molar-refractivity contribution in [3.63, 3.8) is 0 Å². The van der Waals surface area contributed by atoms with Crippen LogP contribution in [0.15, 0.2) is 24.3 Å². The number of hydrogen-bond donors (Lipinski definition) is 1. The lowest BCUT2D eigenvalue weighted by Gasteiger charge is -2.41. The number of likely N-dealkylation sites (tertiary alicyclic amines) is 2. The maximum Gasteiger partial charge on any atom is 0.411 e. The maximum absolute atomic E-state index is 13.3. The second kappa shape index (κ2) is 9.64. The van der Waals surface area contributed by atoms with E-state index >= 15 is 0 Å². The van der Waals surface area contributed by atoms with Gasteiger partial charge in [-0.25, -0.2) is 4.79 Å². The monoisotopic (exact) mass is 495 g/mol. The quantitative estimate of drug-likeness (QED) is 0.691. The van der Waals surface area contributed by atoms with Gasteiger partial charge in [0.05, 0.1) is 11.5 Å². The van der Waals surface area contributed by atoms with E-state index in [2.05, 4.69) is 4.90 Å². The molecule has 0 aliphatic carbocycles. The molecular formula is C24H34ClN3O4S. The number of amides is 2. The number of hydrogen-bond acceptors (Lipinski definition) is 6. The third-order valence-corrected chi connectivity index (χ3v) is 8.00. The van der Waals surface area contributed by atoms with Crippen molar-refractivity contribution in [2.24, 2.45) is 0 Å².